The van der Waals surface area contributed by atoms with Crippen LogP contribution in [0.3, 0.4) is 0 Å². The Kier molecular flexibility index (Phi) is 6.53. The van der Waals surface area contributed by atoms with Gasteiger partial charge in [-0.2, -0.15) is 0 Å². The zero-order chi connectivity index (χ0) is 32.3. The van der Waals surface area contributed by atoms with E-state index >= 15 is 0 Å². The van der Waals surface area contributed by atoms with E-state index in [4.69, 9.17) is 4.42 Å². The molecular weight excluding hydrogens is 615 g/mol. The fraction of sp³-hybridized carbons (Fsp3) is 0.0435. The fourth-order valence-corrected chi connectivity index (χ4v) is 8.67. The van der Waals surface area contributed by atoms with Crippen molar-refractivity contribution in [2.75, 3.05) is 4.90 Å². The predicted molar refractivity (Wildman–Crippen MR) is 209 cm³/mol. The monoisotopic (exact) mass is 645 g/mol. The lowest BCUT2D eigenvalue weighted by Crippen LogP contribution is -2.17. The topological polar surface area (TPSA) is 16.4 Å². The number of allylic oxidation sites excluding steroid dienone is 3. The van der Waals surface area contributed by atoms with Crippen LogP contribution in [-0.4, -0.2) is 0 Å². The smallest absolute Gasteiger partial charge is 0.137 e. The second-order valence-electron chi connectivity index (χ2n) is 12.9. The van der Waals surface area contributed by atoms with Crippen molar-refractivity contribution in [2.45, 2.75) is 12.3 Å². The van der Waals surface area contributed by atoms with Gasteiger partial charge >= 0.3 is 0 Å². The molecule has 1 aliphatic rings. The summed E-state index contributed by atoms with van der Waals surface area (Å²) >= 11 is 1.87. The van der Waals surface area contributed by atoms with Gasteiger partial charge in [0.25, 0.3) is 0 Å². The van der Waals surface area contributed by atoms with E-state index in [1.165, 1.54) is 47.6 Å². The van der Waals surface area contributed by atoms with Crippen LogP contribution in [-0.2, 0) is 0 Å². The van der Waals surface area contributed by atoms with Gasteiger partial charge in [-0.3, -0.25) is 0 Å². The first-order valence-corrected chi connectivity index (χ1v) is 17.7. The molecule has 1 atom stereocenters. The summed E-state index contributed by atoms with van der Waals surface area (Å²) in [5, 5.41) is 7.55. The van der Waals surface area contributed by atoms with Gasteiger partial charge in [-0.25, -0.2) is 0 Å². The summed E-state index contributed by atoms with van der Waals surface area (Å²) in [5.41, 5.74) is 8.92. The highest BCUT2D eigenvalue weighted by Crippen LogP contribution is 2.41. The van der Waals surface area contributed by atoms with E-state index in [0.29, 0.717) is 5.92 Å². The molecule has 7 aromatic carbocycles. The van der Waals surface area contributed by atoms with Crippen molar-refractivity contribution < 1.29 is 4.42 Å². The van der Waals surface area contributed by atoms with Gasteiger partial charge in [0.1, 0.15) is 11.2 Å². The van der Waals surface area contributed by atoms with E-state index in [2.05, 4.69) is 163 Å². The molecule has 2 heterocycles. The Morgan fingerprint density at radius 3 is 2.14 bits per heavy atom. The highest BCUT2D eigenvalue weighted by Gasteiger charge is 2.20. The van der Waals surface area contributed by atoms with Crippen LogP contribution in [0, 0.1) is 0 Å². The van der Waals surface area contributed by atoms with Crippen LogP contribution < -0.4 is 4.90 Å². The number of furan rings is 1. The maximum absolute atomic E-state index is 6.34. The van der Waals surface area contributed by atoms with Crippen molar-refractivity contribution >= 4 is 75.6 Å². The standard InChI is InChI=1S/C46H31NOS/c1-2-8-30(9-3-1)31-16-21-35(22-17-31)47(37-25-26-39-38-10-4-6-12-42(38)48-43(39)29-37)36-23-18-32(19-24-36)34-15-14-33-20-27-45-46(41(33)28-34)40-11-5-7-13-44(40)49-45/h1-16,18-29,31H,17H2. The van der Waals surface area contributed by atoms with Crippen LogP contribution >= 0.6 is 11.3 Å². The van der Waals surface area contributed by atoms with E-state index in [0.717, 1.165) is 45.4 Å². The maximum Gasteiger partial charge on any atom is 0.137 e. The number of fused-ring (bicyclic) bond motifs is 8. The van der Waals surface area contributed by atoms with Crippen molar-refractivity contribution in [1.82, 2.24) is 0 Å². The number of rotatable bonds is 5. The molecule has 10 rings (SSSR count). The molecule has 0 fully saturated rings. The highest BCUT2D eigenvalue weighted by molar-refractivity contribution is 7.26. The molecular formula is C46H31NOS. The second-order valence-corrected chi connectivity index (χ2v) is 14.0. The molecule has 0 saturated heterocycles. The number of hydrogen-bond acceptors (Lipinski definition) is 3. The van der Waals surface area contributed by atoms with Crippen LogP contribution in [0.15, 0.2) is 180 Å². The van der Waals surface area contributed by atoms with E-state index in [1.807, 2.05) is 23.5 Å². The minimum Gasteiger partial charge on any atom is -0.456 e. The number of nitrogens with zero attached hydrogens (tertiary/aromatic N) is 1. The molecule has 2 aromatic heterocycles. The molecule has 0 bridgehead atoms. The van der Waals surface area contributed by atoms with Gasteiger partial charge in [0.05, 0.1) is 0 Å². The quantitative estimate of drug-likeness (QED) is 0.185. The number of para-hydroxylation sites is 1. The molecule has 0 saturated carbocycles. The second kappa shape index (κ2) is 11.4. The van der Waals surface area contributed by atoms with Gasteiger partial charge in [-0.1, -0.05) is 109 Å². The zero-order valence-corrected chi connectivity index (χ0v) is 27.5. The molecule has 0 N–H and O–H groups in total. The third kappa shape index (κ3) is 4.77. The van der Waals surface area contributed by atoms with E-state index in [1.54, 1.807) is 0 Å². The van der Waals surface area contributed by atoms with Gasteiger partial charge in [0, 0.05) is 60.0 Å². The van der Waals surface area contributed by atoms with E-state index in [9.17, 15) is 0 Å². The largest absolute Gasteiger partial charge is 0.456 e. The number of thiophene rings is 1. The first-order chi connectivity index (χ1) is 24.3. The Balaban J connectivity index is 1.06. The Hall–Kier alpha value is -5.90. The Morgan fingerprint density at radius 2 is 1.29 bits per heavy atom. The average Bonchev–Trinajstić information content (AvgIpc) is 3.74. The molecule has 0 spiro atoms. The molecule has 49 heavy (non-hydrogen) atoms. The summed E-state index contributed by atoms with van der Waals surface area (Å²) in [7, 11) is 0. The molecule has 1 unspecified atom stereocenters. The lowest BCUT2D eigenvalue weighted by atomic mass is 9.91. The predicted octanol–water partition coefficient (Wildman–Crippen LogP) is 13.5. The third-order valence-electron chi connectivity index (χ3n) is 10.0. The molecule has 9 aromatic rings. The van der Waals surface area contributed by atoms with Crippen LogP contribution in [0.5, 0.6) is 0 Å². The van der Waals surface area contributed by atoms with Gasteiger partial charge < -0.3 is 9.32 Å². The normalized spacial score (nSPS) is 14.7. The van der Waals surface area contributed by atoms with Crippen LogP contribution in [0.4, 0.5) is 11.4 Å². The SMILES string of the molecule is C1=CC(c2ccccc2)CC=C1N(c1ccc(-c2ccc3ccc4sc5ccccc5c4c3c2)cc1)c1ccc2c(c1)oc1ccccc12. The molecule has 0 radical (unpaired) electrons. The lowest BCUT2D eigenvalue weighted by molar-refractivity contribution is 0.669. The van der Waals surface area contributed by atoms with Gasteiger partial charge in [-0.15, -0.1) is 11.3 Å². The third-order valence-corrected chi connectivity index (χ3v) is 11.1. The summed E-state index contributed by atoms with van der Waals surface area (Å²) in [6.45, 7) is 0. The van der Waals surface area contributed by atoms with Crippen LogP contribution in [0.25, 0.3) is 64.0 Å². The molecule has 3 heteroatoms. The van der Waals surface area contributed by atoms with Gasteiger partial charge in [0.15, 0.2) is 0 Å². The first kappa shape index (κ1) is 28.1. The summed E-state index contributed by atoms with van der Waals surface area (Å²) in [6, 6.07) is 54.8. The lowest BCUT2D eigenvalue weighted by Gasteiger charge is -2.29. The summed E-state index contributed by atoms with van der Waals surface area (Å²) in [6.07, 6.45) is 7.93. The number of anilines is 2. The molecule has 1 aliphatic carbocycles. The molecule has 232 valence electrons. The Bertz CT molecular complexity index is 2750. The summed E-state index contributed by atoms with van der Waals surface area (Å²) < 4.78 is 9.01. The Labute approximate surface area is 288 Å². The zero-order valence-electron chi connectivity index (χ0n) is 26.7. The van der Waals surface area contributed by atoms with Crippen molar-refractivity contribution in [3.63, 3.8) is 0 Å². The first-order valence-electron chi connectivity index (χ1n) is 16.9. The maximum atomic E-state index is 6.34. The van der Waals surface area contributed by atoms with Gasteiger partial charge in [0.2, 0.25) is 0 Å². The van der Waals surface area contributed by atoms with Crippen LogP contribution in [0.2, 0.25) is 0 Å². The molecule has 2 nitrogen and oxygen atoms in total. The minimum absolute atomic E-state index is 0.367. The van der Waals surface area contributed by atoms with Crippen molar-refractivity contribution in [3.05, 3.63) is 181 Å². The van der Waals surface area contributed by atoms with Crippen LogP contribution in [0.1, 0.15) is 17.9 Å². The van der Waals surface area contributed by atoms with E-state index < -0.39 is 0 Å². The minimum atomic E-state index is 0.367. The average molecular weight is 646 g/mol. The van der Waals surface area contributed by atoms with Gasteiger partial charge in [-0.05, 0) is 88.5 Å². The fourth-order valence-electron chi connectivity index (χ4n) is 7.55. The number of hydrogen-bond donors (Lipinski definition) is 0. The summed E-state index contributed by atoms with van der Waals surface area (Å²) in [5.74, 6) is 0.367. The van der Waals surface area contributed by atoms with Crippen molar-refractivity contribution in [3.8, 4) is 11.1 Å². The molecule has 0 aliphatic heterocycles. The highest BCUT2D eigenvalue weighted by atomic mass is 32.1. The van der Waals surface area contributed by atoms with E-state index in [-0.39, 0.29) is 0 Å². The Morgan fingerprint density at radius 1 is 0.551 bits per heavy atom. The van der Waals surface area contributed by atoms with Crippen molar-refractivity contribution in [1.29, 1.82) is 0 Å². The summed E-state index contributed by atoms with van der Waals surface area (Å²) in [4.78, 5) is 2.36. The van der Waals surface area contributed by atoms with Crippen molar-refractivity contribution in [2.24, 2.45) is 0 Å². The number of benzene rings is 7. The molecule has 0 amide bonds.